The van der Waals surface area contributed by atoms with E-state index in [-0.39, 0.29) is 29.8 Å². The highest BCUT2D eigenvalue weighted by atomic mass is 16.4. The minimum atomic E-state index is -0.283. The standard InChI is InChI=1S/C20H20N4O2/c21-20-22-11-17(26-20)19(25)23-16-12-24(13-16)18(14-7-3-1-4-8-14)15-9-5-2-6-10-15/h1-11,16,18H,12-13H2,(H2,21,22)(H,23,25). The van der Waals surface area contributed by atoms with Crippen LogP contribution >= 0.6 is 0 Å². The first-order chi connectivity index (χ1) is 12.7. The highest BCUT2D eigenvalue weighted by Gasteiger charge is 2.35. The maximum absolute atomic E-state index is 12.2. The summed E-state index contributed by atoms with van der Waals surface area (Å²) in [5, 5.41) is 2.96. The maximum Gasteiger partial charge on any atom is 0.292 e. The van der Waals surface area contributed by atoms with E-state index < -0.39 is 0 Å². The molecule has 132 valence electrons. The molecule has 1 aromatic heterocycles. The fourth-order valence-electron chi connectivity index (χ4n) is 3.35. The van der Waals surface area contributed by atoms with Crippen LogP contribution in [0.3, 0.4) is 0 Å². The molecule has 2 heterocycles. The lowest BCUT2D eigenvalue weighted by molar-refractivity contribution is 0.0699. The maximum atomic E-state index is 12.2. The molecule has 0 aliphatic carbocycles. The number of nitrogen functional groups attached to an aromatic ring is 1. The number of nitrogens with zero attached hydrogens (tertiary/aromatic N) is 2. The first-order valence-corrected chi connectivity index (χ1v) is 8.57. The molecule has 0 unspecified atom stereocenters. The van der Waals surface area contributed by atoms with Gasteiger partial charge >= 0.3 is 0 Å². The molecule has 1 fully saturated rings. The lowest BCUT2D eigenvalue weighted by Gasteiger charge is -2.44. The lowest BCUT2D eigenvalue weighted by atomic mass is 9.93. The summed E-state index contributed by atoms with van der Waals surface area (Å²) in [6.45, 7) is 1.54. The summed E-state index contributed by atoms with van der Waals surface area (Å²) in [4.78, 5) is 18.3. The number of aromatic nitrogens is 1. The number of carbonyl (C=O) groups is 1. The number of oxazole rings is 1. The zero-order valence-electron chi connectivity index (χ0n) is 14.2. The van der Waals surface area contributed by atoms with Gasteiger partial charge in [0.2, 0.25) is 5.76 Å². The number of hydrogen-bond acceptors (Lipinski definition) is 5. The average molecular weight is 348 g/mol. The van der Waals surface area contributed by atoms with Crippen LogP contribution in [0.1, 0.15) is 27.7 Å². The lowest BCUT2D eigenvalue weighted by Crippen LogP contribution is -2.60. The van der Waals surface area contributed by atoms with Crippen molar-refractivity contribution in [3.8, 4) is 0 Å². The van der Waals surface area contributed by atoms with Crippen molar-refractivity contribution in [3.05, 3.63) is 83.7 Å². The first kappa shape index (κ1) is 16.4. The summed E-state index contributed by atoms with van der Waals surface area (Å²) in [6.07, 6.45) is 1.35. The molecule has 26 heavy (non-hydrogen) atoms. The number of nitrogens with two attached hydrogens (primary N) is 1. The normalized spacial score (nSPS) is 15.0. The molecule has 4 rings (SSSR count). The monoisotopic (exact) mass is 348 g/mol. The van der Waals surface area contributed by atoms with Crippen molar-refractivity contribution in [2.75, 3.05) is 18.8 Å². The van der Waals surface area contributed by atoms with Crippen LogP contribution in [0.25, 0.3) is 0 Å². The summed E-state index contributed by atoms with van der Waals surface area (Å²) in [6, 6.07) is 21.1. The third-order valence-electron chi connectivity index (χ3n) is 4.59. The predicted octanol–water partition coefficient (Wildman–Crippen LogP) is 2.46. The van der Waals surface area contributed by atoms with Gasteiger partial charge in [0.15, 0.2) is 0 Å². The van der Waals surface area contributed by atoms with E-state index in [1.165, 1.54) is 17.3 Å². The fraction of sp³-hybridized carbons (Fsp3) is 0.200. The molecular formula is C20H20N4O2. The zero-order chi connectivity index (χ0) is 17.9. The van der Waals surface area contributed by atoms with Gasteiger partial charge in [0.25, 0.3) is 11.9 Å². The van der Waals surface area contributed by atoms with E-state index in [2.05, 4.69) is 63.7 Å². The zero-order valence-corrected chi connectivity index (χ0v) is 14.2. The highest BCUT2D eigenvalue weighted by molar-refractivity contribution is 5.91. The minimum Gasteiger partial charge on any atom is -0.418 e. The Kier molecular flexibility index (Phi) is 4.41. The van der Waals surface area contributed by atoms with Crippen LogP contribution in [0.5, 0.6) is 0 Å². The average Bonchev–Trinajstić information content (AvgIpc) is 3.08. The van der Waals surface area contributed by atoms with Crippen molar-refractivity contribution in [2.24, 2.45) is 0 Å². The Labute approximate surface area is 151 Å². The smallest absolute Gasteiger partial charge is 0.292 e. The molecule has 0 atom stereocenters. The number of amides is 1. The van der Waals surface area contributed by atoms with Gasteiger partial charge in [-0.1, -0.05) is 60.7 Å². The van der Waals surface area contributed by atoms with Crippen molar-refractivity contribution in [2.45, 2.75) is 12.1 Å². The second kappa shape index (κ2) is 7.01. The number of anilines is 1. The van der Waals surface area contributed by atoms with Gasteiger partial charge in [0.05, 0.1) is 18.3 Å². The number of nitrogens with one attached hydrogen (secondary N) is 1. The molecule has 0 bridgehead atoms. The second-order valence-corrected chi connectivity index (χ2v) is 6.41. The molecule has 1 saturated heterocycles. The van der Waals surface area contributed by atoms with Crippen LogP contribution < -0.4 is 11.1 Å². The van der Waals surface area contributed by atoms with Crippen molar-refractivity contribution in [1.82, 2.24) is 15.2 Å². The van der Waals surface area contributed by atoms with Gasteiger partial charge in [-0.2, -0.15) is 0 Å². The molecular weight excluding hydrogens is 328 g/mol. The van der Waals surface area contributed by atoms with Crippen molar-refractivity contribution in [1.29, 1.82) is 0 Å². The Morgan fingerprint density at radius 3 is 2.15 bits per heavy atom. The van der Waals surface area contributed by atoms with Crippen molar-refractivity contribution in [3.63, 3.8) is 0 Å². The fourth-order valence-corrected chi connectivity index (χ4v) is 3.35. The summed E-state index contributed by atoms with van der Waals surface area (Å²) < 4.78 is 5.07. The largest absolute Gasteiger partial charge is 0.418 e. The molecule has 3 aromatic rings. The van der Waals surface area contributed by atoms with E-state index in [0.29, 0.717) is 0 Å². The van der Waals surface area contributed by atoms with Gasteiger partial charge in [-0.05, 0) is 11.1 Å². The van der Waals surface area contributed by atoms with Gasteiger partial charge in [0, 0.05) is 13.1 Å². The van der Waals surface area contributed by atoms with Gasteiger partial charge in [-0.15, -0.1) is 0 Å². The van der Waals surface area contributed by atoms with Crippen LogP contribution in [0.4, 0.5) is 6.01 Å². The Morgan fingerprint density at radius 1 is 1.08 bits per heavy atom. The summed E-state index contributed by atoms with van der Waals surface area (Å²) in [5.41, 5.74) is 7.90. The van der Waals surface area contributed by atoms with Gasteiger partial charge in [-0.25, -0.2) is 4.98 Å². The molecule has 1 amide bonds. The van der Waals surface area contributed by atoms with Gasteiger partial charge in [-0.3, -0.25) is 9.69 Å². The summed E-state index contributed by atoms with van der Waals surface area (Å²) >= 11 is 0. The summed E-state index contributed by atoms with van der Waals surface area (Å²) in [5.74, 6) is -0.140. The molecule has 3 N–H and O–H groups in total. The van der Waals surface area contributed by atoms with E-state index in [9.17, 15) is 4.79 Å². The van der Waals surface area contributed by atoms with Gasteiger partial charge < -0.3 is 15.5 Å². The third kappa shape index (κ3) is 3.32. The van der Waals surface area contributed by atoms with Gasteiger partial charge in [0.1, 0.15) is 0 Å². The third-order valence-corrected chi connectivity index (χ3v) is 4.59. The van der Waals surface area contributed by atoms with Crippen LogP contribution in [-0.4, -0.2) is 34.9 Å². The molecule has 6 heteroatoms. The predicted molar refractivity (Wildman–Crippen MR) is 98.5 cm³/mol. The minimum absolute atomic E-state index is 0.00129. The molecule has 6 nitrogen and oxygen atoms in total. The molecule has 0 saturated carbocycles. The highest BCUT2D eigenvalue weighted by Crippen LogP contribution is 2.32. The summed E-state index contributed by atoms with van der Waals surface area (Å²) in [7, 11) is 0. The Balaban J connectivity index is 1.45. The molecule has 2 aromatic carbocycles. The first-order valence-electron chi connectivity index (χ1n) is 8.57. The molecule has 1 aliphatic rings. The number of carbonyl (C=O) groups excluding carboxylic acids is 1. The van der Waals surface area contributed by atoms with Crippen molar-refractivity contribution < 1.29 is 9.21 Å². The molecule has 0 spiro atoms. The molecule has 0 radical (unpaired) electrons. The Morgan fingerprint density at radius 2 is 1.65 bits per heavy atom. The van der Waals surface area contributed by atoms with E-state index in [4.69, 9.17) is 10.2 Å². The van der Waals surface area contributed by atoms with Crippen LogP contribution in [0, 0.1) is 0 Å². The van der Waals surface area contributed by atoms with E-state index in [0.717, 1.165) is 13.1 Å². The van der Waals surface area contributed by atoms with Crippen LogP contribution in [0.2, 0.25) is 0 Å². The topological polar surface area (TPSA) is 84.4 Å². The number of rotatable bonds is 5. The number of hydrogen-bond donors (Lipinski definition) is 2. The van der Waals surface area contributed by atoms with E-state index in [1.54, 1.807) is 0 Å². The SMILES string of the molecule is Nc1ncc(C(=O)NC2CN(C(c3ccccc3)c3ccccc3)C2)o1. The van der Waals surface area contributed by atoms with Crippen LogP contribution in [0.15, 0.2) is 71.3 Å². The van der Waals surface area contributed by atoms with E-state index in [1.807, 2.05) is 12.1 Å². The van der Waals surface area contributed by atoms with Crippen molar-refractivity contribution >= 4 is 11.9 Å². The van der Waals surface area contributed by atoms with E-state index >= 15 is 0 Å². The van der Waals surface area contributed by atoms with Crippen LogP contribution in [-0.2, 0) is 0 Å². The Hall–Kier alpha value is -3.12. The second-order valence-electron chi connectivity index (χ2n) is 6.41. The Bertz CT molecular complexity index is 834. The quantitative estimate of drug-likeness (QED) is 0.740. The number of likely N-dealkylation sites (tertiary alicyclic amines) is 1. The number of benzene rings is 2. The molecule has 1 aliphatic heterocycles.